The first-order valence-electron chi connectivity index (χ1n) is 10.2. The molecule has 0 heterocycles. The van der Waals surface area contributed by atoms with Crippen LogP contribution in [0, 0.1) is 59.2 Å². The molecule has 6 rings (SSSR count). The molecular weight excluding hydrogens is 558 g/mol. The Bertz CT molecular complexity index is 589. The smallest absolute Gasteiger partial charge is 0.293 e. The van der Waals surface area contributed by atoms with Gasteiger partial charge in [0.15, 0.2) is 0 Å². The summed E-state index contributed by atoms with van der Waals surface area (Å²) in [4.78, 5) is 22.1. The molecule has 0 aromatic carbocycles. The van der Waals surface area contributed by atoms with Gasteiger partial charge >= 0.3 is 0 Å². The SMILES string of the molecule is O=CO[C@H]1CC[C@@H]2[C@@H]3[C@@H](I)[C@H]4[C@@H]5[C@H]3[C@@H]([C@H](I)[C@@H]5[C@@H]3CC[C@H](OC=O)[C@@H]34)[C@H]21. The zero-order valence-corrected chi connectivity index (χ0v) is 18.8. The van der Waals surface area contributed by atoms with E-state index in [1.165, 1.54) is 12.8 Å². The highest BCUT2D eigenvalue weighted by atomic mass is 127. The van der Waals surface area contributed by atoms with Crippen molar-refractivity contribution in [2.24, 2.45) is 59.2 Å². The standard InChI is InChI=1S/C20H24I2O4/c21-19-13-7-1-3-9(25-5-23)11(7)17-15(13)16-14(20(17)22)8-2-4-10(26-6-24)12(8)18(16)19/h5-20H,1-4H2/t7-,8+,9-,10-,11+,12+,13-,14+,15-,16-,17-,18+,19+,20+/m0/s1. The minimum absolute atomic E-state index is 0.164. The van der Waals surface area contributed by atoms with Crippen LogP contribution in [0.4, 0.5) is 0 Å². The summed E-state index contributed by atoms with van der Waals surface area (Å²) in [5.74, 6) is 7.39. The van der Waals surface area contributed by atoms with E-state index < -0.39 is 0 Å². The van der Waals surface area contributed by atoms with E-state index in [0.717, 1.165) is 60.2 Å². The van der Waals surface area contributed by atoms with Crippen LogP contribution in [0.2, 0.25) is 0 Å². The van der Waals surface area contributed by atoms with Gasteiger partial charge in [0.2, 0.25) is 0 Å². The highest BCUT2D eigenvalue weighted by molar-refractivity contribution is 14.1. The molecule has 14 atom stereocenters. The van der Waals surface area contributed by atoms with Crippen molar-refractivity contribution in [3.8, 4) is 0 Å². The van der Waals surface area contributed by atoms with Gasteiger partial charge in [0.05, 0.1) is 0 Å². The zero-order valence-electron chi connectivity index (χ0n) is 14.5. The first-order chi connectivity index (χ1) is 12.7. The highest BCUT2D eigenvalue weighted by Gasteiger charge is 2.77. The minimum atomic E-state index is 0.164. The molecule has 26 heavy (non-hydrogen) atoms. The van der Waals surface area contributed by atoms with E-state index in [-0.39, 0.29) is 12.2 Å². The van der Waals surface area contributed by atoms with Gasteiger partial charge in [0, 0.05) is 19.7 Å². The topological polar surface area (TPSA) is 52.6 Å². The van der Waals surface area contributed by atoms with Crippen LogP contribution in [-0.2, 0) is 19.1 Å². The van der Waals surface area contributed by atoms with Crippen LogP contribution in [0.1, 0.15) is 25.7 Å². The molecular formula is C20H24I2O4. The van der Waals surface area contributed by atoms with Gasteiger partial charge in [-0.1, -0.05) is 45.2 Å². The van der Waals surface area contributed by atoms with E-state index in [0.29, 0.717) is 32.6 Å². The molecule has 4 nitrogen and oxygen atoms in total. The van der Waals surface area contributed by atoms with Crippen molar-refractivity contribution >= 4 is 58.1 Å². The number of carbonyl (C=O) groups excluding carboxylic acids is 2. The molecule has 0 saturated heterocycles. The maximum atomic E-state index is 11.1. The minimum Gasteiger partial charge on any atom is -0.464 e. The molecule has 0 bridgehead atoms. The summed E-state index contributed by atoms with van der Waals surface area (Å²) in [6.07, 6.45) is 4.91. The molecule has 6 heteroatoms. The van der Waals surface area contributed by atoms with Crippen molar-refractivity contribution in [1.82, 2.24) is 0 Å². The van der Waals surface area contributed by atoms with E-state index in [2.05, 4.69) is 45.2 Å². The molecule has 6 saturated carbocycles. The Balaban J connectivity index is 1.40. The lowest BCUT2D eigenvalue weighted by Crippen LogP contribution is -2.35. The Morgan fingerprint density at radius 3 is 1.38 bits per heavy atom. The zero-order chi connectivity index (χ0) is 17.7. The quantitative estimate of drug-likeness (QED) is 0.290. The summed E-state index contributed by atoms with van der Waals surface area (Å²) in [5, 5.41) is 0. The van der Waals surface area contributed by atoms with Crippen molar-refractivity contribution in [2.75, 3.05) is 0 Å². The van der Waals surface area contributed by atoms with Crippen LogP contribution >= 0.6 is 45.2 Å². The van der Waals surface area contributed by atoms with E-state index in [4.69, 9.17) is 9.47 Å². The number of fused-ring (bicyclic) bond motifs is 6. The van der Waals surface area contributed by atoms with Crippen molar-refractivity contribution in [3.05, 3.63) is 0 Å². The fourth-order valence-electron chi connectivity index (χ4n) is 9.34. The van der Waals surface area contributed by atoms with E-state index in [1.807, 2.05) is 0 Å². The third-order valence-corrected chi connectivity index (χ3v) is 12.8. The summed E-state index contributed by atoms with van der Waals surface area (Å²) < 4.78 is 12.6. The summed E-state index contributed by atoms with van der Waals surface area (Å²) in [7, 11) is 0. The summed E-state index contributed by atoms with van der Waals surface area (Å²) in [6.45, 7) is 1.38. The molecule has 6 fully saturated rings. The number of rotatable bonds is 4. The second-order valence-corrected chi connectivity index (χ2v) is 12.4. The number of carbonyl (C=O) groups is 2. The lowest BCUT2D eigenvalue weighted by Gasteiger charge is -2.33. The number of alkyl halides is 2. The van der Waals surface area contributed by atoms with Gasteiger partial charge in [-0.25, -0.2) is 0 Å². The summed E-state index contributed by atoms with van der Waals surface area (Å²) >= 11 is 5.53. The number of hydrogen-bond donors (Lipinski definition) is 0. The Hall–Kier alpha value is 0.400. The van der Waals surface area contributed by atoms with Crippen LogP contribution in [0.3, 0.4) is 0 Å². The molecule has 6 aliphatic rings. The molecule has 0 N–H and O–H groups in total. The first-order valence-corrected chi connectivity index (χ1v) is 12.6. The lowest BCUT2D eigenvalue weighted by atomic mass is 9.79. The van der Waals surface area contributed by atoms with Gasteiger partial charge in [-0.05, 0) is 73.0 Å². The molecule has 0 aromatic heterocycles. The molecule has 0 spiro atoms. The van der Waals surface area contributed by atoms with Crippen molar-refractivity contribution in [1.29, 1.82) is 0 Å². The van der Waals surface area contributed by atoms with Crippen LogP contribution in [-0.4, -0.2) is 33.0 Å². The Morgan fingerprint density at radius 1 is 0.577 bits per heavy atom. The van der Waals surface area contributed by atoms with Crippen LogP contribution in [0.5, 0.6) is 0 Å². The molecule has 0 aliphatic heterocycles. The van der Waals surface area contributed by atoms with Crippen LogP contribution < -0.4 is 0 Å². The molecule has 6 aliphatic carbocycles. The average molecular weight is 582 g/mol. The molecule has 0 amide bonds. The van der Waals surface area contributed by atoms with Gasteiger partial charge in [-0.15, -0.1) is 0 Å². The van der Waals surface area contributed by atoms with Crippen molar-refractivity contribution < 1.29 is 19.1 Å². The van der Waals surface area contributed by atoms with E-state index in [1.54, 1.807) is 0 Å². The first kappa shape index (κ1) is 17.3. The van der Waals surface area contributed by atoms with Crippen molar-refractivity contribution in [3.63, 3.8) is 0 Å². The van der Waals surface area contributed by atoms with E-state index in [9.17, 15) is 9.59 Å². The Kier molecular flexibility index (Phi) is 3.96. The normalized spacial score (nSPS) is 63.5. The van der Waals surface area contributed by atoms with Gasteiger partial charge in [0.1, 0.15) is 12.2 Å². The maximum Gasteiger partial charge on any atom is 0.293 e. The molecule has 0 radical (unpaired) electrons. The summed E-state index contributed by atoms with van der Waals surface area (Å²) in [6, 6.07) is 0. The summed E-state index contributed by atoms with van der Waals surface area (Å²) in [5.41, 5.74) is 0. The average Bonchev–Trinajstić information content (AvgIpc) is 3.37. The Labute approximate surface area is 181 Å². The third kappa shape index (κ3) is 1.88. The van der Waals surface area contributed by atoms with Crippen LogP contribution in [0.15, 0.2) is 0 Å². The van der Waals surface area contributed by atoms with E-state index >= 15 is 0 Å². The highest BCUT2D eigenvalue weighted by Crippen LogP contribution is 2.78. The number of halogens is 2. The lowest BCUT2D eigenvalue weighted by molar-refractivity contribution is -0.137. The third-order valence-electron chi connectivity index (χ3n) is 9.45. The van der Waals surface area contributed by atoms with Gasteiger partial charge in [0.25, 0.3) is 12.9 Å². The fraction of sp³-hybridized carbons (Fsp3) is 0.900. The van der Waals surface area contributed by atoms with Gasteiger partial charge < -0.3 is 9.47 Å². The monoisotopic (exact) mass is 582 g/mol. The number of ether oxygens (including phenoxy) is 2. The second-order valence-electron chi connectivity index (χ2n) is 9.53. The second kappa shape index (κ2) is 5.95. The predicted octanol–water partition coefficient (Wildman–Crippen LogP) is 3.48. The fourth-order valence-corrected chi connectivity index (χ4v) is 13.3. The van der Waals surface area contributed by atoms with Crippen molar-refractivity contribution in [2.45, 2.75) is 45.7 Å². The largest absolute Gasteiger partial charge is 0.464 e. The molecule has 0 aromatic rings. The van der Waals surface area contributed by atoms with Gasteiger partial charge in [-0.2, -0.15) is 0 Å². The van der Waals surface area contributed by atoms with Crippen LogP contribution in [0.25, 0.3) is 0 Å². The molecule has 142 valence electrons. The van der Waals surface area contributed by atoms with Gasteiger partial charge in [-0.3, -0.25) is 9.59 Å². The maximum absolute atomic E-state index is 11.1. The Morgan fingerprint density at radius 2 is 1.00 bits per heavy atom. The number of hydrogen-bond acceptors (Lipinski definition) is 4. The predicted molar refractivity (Wildman–Crippen MR) is 111 cm³/mol. The molecule has 0 unspecified atom stereocenters.